The molecule has 0 amide bonds. The van der Waals surface area contributed by atoms with Gasteiger partial charge in [-0.2, -0.15) is 0 Å². The van der Waals surface area contributed by atoms with E-state index < -0.39 is 5.82 Å². The molecule has 1 rings (SSSR count). The molecule has 0 aromatic heterocycles. The predicted molar refractivity (Wildman–Crippen MR) is 48.2 cm³/mol. The molecule has 0 atom stereocenters. The molecule has 0 saturated carbocycles. The predicted octanol–water partition coefficient (Wildman–Crippen LogP) is 2.24. The van der Waals surface area contributed by atoms with Crippen LogP contribution in [0.1, 0.15) is 5.56 Å². The molecule has 0 fully saturated rings. The highest BCUT2D eigenvalue weighted by Crippen LogP contribution is 2.16. The molecule has 0 aliphatic rings. The van der Waals surface area contributed by atoms with E-state index in [1.165, 1.54) is 12.1 Å². The first-order chi connectivity index (χ1) is 5.74. The van der Waals surface area contributed by atoms with Crippen LogP contribution in [0.5, 0.6) is 5.75 Å². The van der Waals surface area contributed by atoms with Crippen LogP contribution in [0.25, 0.3) is 0 Å². The summed E-state index contributed by atoms with van der Waals surface area (Å²) in [5.74, 6) is -0.787. The summed E-state index contributed by atoms with van der Waals surface area (Å²) in [6, 6.07) is 5.65. The Hall–Kier alpha value is -0.833. The number of halogens is 1. The largest absolute Gasteiger partial charge is 0.505 e. The zero-order valence-corrected chi connectivity index (χ0v) is 7.97. The Balaban J connectivity index is 2.69. The molecule has 0 aliphatic carbocycles. The van der Waals surface area contributed by atoms with Crippen molar-refractivity contribution in [3.8, 4) is 5.75 Å². The van der Waals surface area contributed by atoms with Crippen LogP contribution in [0.3, 0.4) is 0 Å². The van der Waals surface area contributed by atoms with Crippen LogP contribution in [0.15, 0.2) is 18.2 Å². The highest BCUT2D eigenvalue weighted by Gasteiger charge is 2.00. The van der Waals surface area contributed by atoms with Crippen molar-refractivity contribution < 1.29 is 9.50 Å². The minimum atomic E-state index is -0.521. The molecule has 1 N–H and O–H groups in total. The van der Waals surface area contributed by atoms with E-state index in [1.807, 2.05) is 0 Å². The van der Waals surface area contributed by atoms with Crippen LogP contribution in [0.2, 0.25) is 12.6 Å². The molecule has 0 unspecified atom stereocenters. The van der Waals surface area contributed by atoms with E-state index in [2.05, 4.69) is 6.55 Å². The topological polar surface area (TPSA) is 20.2 Å². The fourth-order valence-corrected chi connectivity index (χ4v) is 1.51. The SMILES string of the molecule is C[Si]CCc1ccc(O)c(F)c1. The normalized spacial score (nSPS) is 10.2. The van der Waals surface area contributed by atoms with Crippen LogP contribution in [0, 0.1) is 5.82 Å². The average Bonchev–Trinajstić information content (AvgIpc) is 2.07. The van der Waals surface area contributed by atoms with E-state index in [9.17, 15) is 4.39 Å². The Labute approximate surface area is 74.1 Å². The molecule has 3 heteroatoms. The fourth-order valence-electron chi connectivity index (χ4n) is 0.975. The third-order valence-corrected chi connectivity index (χ3v) is 2.43. The number of hydrogen-bond donors (Lipinski definition) is 1. The summed E-state index contributed by atoms with van der Waals surface area (Å²) < 4.78 is 12.8. The Bertz CT molecular complexity index is 263. The lowest BCUT2D eigenvalue weighted by Crippen LogP contribution is -1.89. The Morgan fingerprint density at radius 2 is 2.25 bits per heavy atom. The van der Waals surface area contributed by atoms with Crippen LogP contribution < -0.4 is 0 Å². The molecule has 2 radical (unpaired) electrons. The fraction of sp³-hybridized carbons (Fsp3) is 0.333. The van der Waals surface area contributed by atoms with Gasteiger partial charge < -0.3 is 5.11 Å². The van der Waals surface area contributed by atoms with Crippen molar-refractivity contribution in [1.82, 2.24) is 0 Å². The summed E-state index contributed by atoms with van der Waals surface area (Å²) in [4.78, 5) is 0. The summed E-state index contributed by atoms with van der Waals surface area (Å²) in [5.41, 5.74) is 0.958. The third-order valence-electron chi connectivity index (χ3n) is 1.68. The second-order valence-corrected chi connectivity index (χ2v) is 3.85. The number of phenolic OH excluding ortho intramolecular Hbond substituents is 1. The van der Waals surface area contributed by atoms with Gasteiger partial charge in [0.15, 0.2) is 11.6 Å². The van der Waals surface area contributed by atoms with Gasteiger partial charge in [0, 0.05) is 9.52 Å². The number of aryl methyl sites for hydroxylation is 1. The van der Waals surface area contributed by atoms with Crippen LogP contribution in [0.4, 0.5) is 4.39 Å². The molecule has 1 aromatic rings. The van der Waals surface area contributed by atoms with Gasteiger partial charge in [-0.1, -0.05) is 18.7 Å². The first kappa shape index (κ1) is 9.26. The molecule has 0 bridgehead atoms. The lowest BCUT2D eigenvalue weighted by Gasteiger charge is -2.00. The highest BCUT2D eigenvalue weighted by atomic mass is 28.2. The molecule has 1 nitrogen and oxygen atoms in total. The Kier molecular flexibility index (Phi) is 3.28. The summed E-state index contributed by atoms with van der Waals surface area (Å²) >= 11 is 0. The van der Waals surface area contributed by atoms with Crippen molar-refractivity contribution in [2.75, 3.05) is 0 Å². The monoisotopic (exact) mass is 182 g/mol. The zero-order chi connectivity index (χ0) is 8.97. The summed E-state index contributed by atoms with van der Waals surface area (Å²) in [5, 5.41) is 8.90. The maximum Gasteiger partial charge on any atom is 0.165 e. The molecule has 0 heterocycles. The molecular formula is C9H11FOSi. The first-order valence-electron chi connectivity index (χ1n) is 3.86. The zero-order valence-electron chi connectivity index (χ0n) is 6.97. The Morgan fingerprint density at radius 1 is 1.50 bits per heavy atom. The van der Waals surface area contributed by atoms with Crippen molar-refractivity contribution in [3.05, 3.63) is 29.6 Å². The van der Waals surface area contributed by atoms with Gasteiger partial charge in [-0.15, -0.1) is 0 Å². The van der Waals surface area contributed by atoms with Gasteiger partial charge in [0.1, 0.15) is 0 Å². The van der Waals surface area contributed by atoms with Gasteiger partial charge in [-0.25, -0.2) is 4.39 Å². The van der Waals surface area contributed by atoms with Crippen molar-refractivity contribution in [3.63, 3.8) is 0 Å². The van der Waals surface area contributed by atoms with Crippen LogP contribution >= 0.6 is 0 Å². The van der Waals surface area contributed by atoms with Crippen LogP contribution in [-0.4, -0.2) is 14.6 Å². The molecule has 0 aliphatic heterocycles. The third kappa shape index (κ3) is 2.34. The highest BCUT2D eigenvalue weighted by molar-refractivity contribution is 6.33. The summed E-state index contributed by atoms with van der Waals surface area (Å²) in [6.45, 7) is 2.12. The van der Waals surface area contributed by atoms with E-state index >= 15 is 0 Å². The van der Waals surface area contributed by atoms with Crippen molar-refractivity contribution in [2.24, 2.45) is 0 Å². The number of aromatic hydroxyl groups is 1. The second kappa shape index (κ2) is 4.26. The van der Waals surface area contributed by atoms with Crippen LogP contribution in [-0.2, 0) is 6.42 Å². The quantitative estimate of drug-likeness (QED) is 0.711. The molecule has 12 heavy (non-hydrogen) atoms. The lowest BCUT2D eigenvalue weighted by molar-refractivity contribution is 0.432. The molecule has 0 saturated heterocycles. The molecular weight excluding hydrogens is 171 g/mol. The van der Waals surface area contributed by atoms with E-state index in [0.29, 0.717) is 0 Å². The van der Waals surface area contributed by atoms with E-state index in [-0.39, 0.29) is 5.75 Å². The number of phenols is 1. The molecule has 0 spiro atoms. The smallest absolute Gasteiger partial charge is 0.165 e. The van der Waals surface area contributed by atoms with Crippen molar-refractivity contribution in [1.29, 1.82) is 0 Å². The van der Waals surface area contributed by atoms with Gasteiger partial charge in [0.25, 0.3) is 0 Å². The van der Waals surface area contributed by atoms with Crippen molar-refractivity contribution in [2.45, 2.75) is 19.0 Å². The number of benzene rings is 1. The minimum Gasteiger partial charge on any atom is -0.505 e. The summed E-state index contributed by atoms with van der Waals surface area (Å²) in [7, 11) is 0.892. The van der Waals surface area contributed by atoms with E-state index in [1.54, 1.807) is 6.07 Å². The van der Waals surface area contributed by atoms with E-state index in [0.717, 1.165) is 27.5 Å². The number of rotatable bonds is 3. The maximum absolute atomic E-state index is 12.8. The van der Waals surface area contributed by atoms with Crippen molar-refractivity contribution >= 4 is 9.52 Å². The van der Waals surface area contributed by atoms with Gasteiger partial charge in [0.2, 0.25) is 0 Å². The standard InChI is InChI=1S/C9H11FOSi/c1-12-5-4-7-2-3-9(11)8(10)6-7/h2-3,6,11H,4-5H2,1H3. The second-order valence-electron chi connectivity index (χ2n) is 2.64. The average molecular weight is 182 g/mol. The summed E-state index contributed by atoms with van der Waals surface area (Å²) in [6.07, 6.45) is 0.895. The first-order valence-corrected chi connectivity index (χ1v) is 5.56. The van der Waals surface area contributed by atoms with Gasteiger partial charge in [-0.3, -0.25) is 0 Å². The minimum absolute atomic E-state index is 0.266. The lowest BCUT2D eigenvalue weighted by atomic mass is 10.1. The van der Waals surface area contributed by atoms with Gasteiger partial charge in [0.05, 0.1) is 0 Å². The van der Waals surface area contributed by atoms with E-state index in [4.69, 9.17) is 5.11 Å². The maximum atomic E-state index is 12.8. The Morgan fingerprint density at radius 3 is 2.83 bits per heavy atom. The van der Waals surface area contributed by atoms with Gasteiger partial charge >= 0.3 is 0 Å². The van der Waals surface area contributed by atoms with Gasteiger partial charge in [-0.05, 0) is 24.1 Å². The molecule has 1 aromatic carbocycles. The number of hydrogen-bond acceptors (Lipinski definition) is 1. The molecule has 64 valence electrons.